The average Bonchev–Trinajstić information content (AvgIpc) is 2.97. The maximum Gasteiger partial charge on any atom is 0.416 e. The molecule has 2 unspecified atom stereocenters. The van der Waals surface area contributed by atoms with E-state index in [-0.39, 0.29) is 35.8 Å². The second-order valence-electron chi connectivity index (χ2n) is 9.78. The van der Waals surface area contributed by atoms with Crippen molar-refractivity contribution < 1.29 is 35.5 Å². The highest BCUT2D eigenvalue weighted by atomic mass is 32.2. The Morgan fingerprint density at radius 2 is 1.30 bits per heavy atom. The molecule has 232 valence electrons. The Labute approximate surface area is 255 Å². The monoisotopic (exact) mass is 647 g/mol. The minimum atomic E-state index is -4.65. The van der Waals surface area contributed by atoms with Crippen molar-refractivity contribution in [3.63, 3.8) is 0 Å². The smallest absolute Gasteiger partial charge is 0.348 e. The Balaban J connectivity index is 1.57. The molecule has 1 heterocycles. The molecule has 1 amide bonds. The van der Waals surface area contributed by atoms with Crippen molar-refractivity contribution in [1.82, 2.24) is 15.2 Å². The lowest BCUT2D eigenvalue weighted by molar-refractivity contribution is -0.137. The van der Waals surface area contributed by atoms with E-state index in [2.05, 4.69) is 10.6 Å². The Morgan fingerprint density at radius 3 is 1.84 bits per heavy atom. The molecule has 4 rings (SSSR count). The third kappa shape index (κ3) is 9.03. The summed E-state index contributed by atoms with van der Waals surface area (Å²) in [6, 6.07) is 20.7. The zero-order valence-electron chi connectivity index (χ0n) is 23.0. The molecule has 4 aromatic rings. The van der Waals surface area contributed by atoms with E-state index in [1.54, 1.807) is 48.5 Å². The minimum absolute atomic E-state index is 0.00299. The standard InChI is InChI=1S/C30H28F3N3O6S2/c31-30(32,33)24-2-1-3-25(14-24)36-26(17-34-15-20-4-8-22(9-5-20)18-43(39)40)12-13-27(29(36)38)28(37)35-16-21-6-10-23(11-7-21)19-44(41)42/h1-14,34H,15-19H2,(H,35,37)(H,39,40)(H,41,42). The topological polar surface area (TPSA) is 138 Å². The molecule has 0 aliphatic carbocycles. The summed E-state index contributed by atoms with van der Waals surface area (Å²) in [5.41, 5.74) is 1.04. The lowest BCUT2D eigenvalue weighted by atomic mass is 10.1. The predicted molar refractivity (Wildman–Crippen MR) is 161 cm³/mol. The lowest BCUT2D eigenvalue weighted by Crippen LogP contribution is -2.34. The maximum atomic E-state index is 13.6. The number of benzene rings is 3. The maximum absolute atomic E-state index is 13.6. The first-order chi connectivity index (χ1) is 20.9. The van der Waals surface area contributed by atoms with Crippen molar-refractivity contribution in [3.05, 3.63) is 134 Å². The zero-order valence-corrected chi connectivity index (χ0v) is 24.7. The van der Waals surface area contributed by atoms with Gasteiger partial charge >= 0.3 is 6.18 Å². The van der Waals surface area contributed by atoms with Gasteiger partial charge in [0.2, 0.25) is 0 Å². The van der Waals surface area contributed by atoms with Crippen LogP contribution in [0.5, 0.6) is 0 Å². The third-order valence-electron chi connectivity index (χ3n) is 6.55. The van der Waals surface area contributed by atoms with Gasteiger partial charge in [-0.2, -0.15) is 13.2 Å². The molecule has 14 heteroatoms. The van der Waals surface area contributed by atoms with E-state index in [4.69, 9.17) is 9.11 Å². The van der Waals surface area contributed by atoms with Crippen molar-refractivity contribution in [1.29, 1.82) is 0 Å². The van der Waals surface area contributed by atoms with Crippen LogP contribution in [-0.2, 0) is 59.5 Å². The zero-order chi connectivity index (χ0) is 31.9. The second-order valence-corrected chi connectivity index (χ2v) is 11.6. The summed E-state index contributed by atoms with van der Waals surface area (Å²) in [4.78, 5) is 26.6. The van der Waals surface area contributed by atoms with E-state index in [0.29, 0.717) is 28.9 Å². The van der Waals surface area contributed by atoms with E-state index in [9.17, 15) is 31.2 Å². The van der Waals surface area contributed by atoms with Crippen LogP contribution in [0.25, 0.3) is 5.69 Å². The summed E-state index contributed by atoms with van der Waals surface area (Å²) in [6.45, 7) is 0.440. The SMILES string of the molecule is O=C(NCc1ccc(CS(=O)O)cc1)c1ccc(CNCc2ccc(CS(=O)O)cc2)n(-c2cccc(C(F)(F)F)c2)c1=O. The van der Waals surface area contributed by atoms with E-state index >= 15 is 0 Å². The molecule has 0 fully saturated rings. The summed E-state index contributed by atoms with van der Waals surface area (Å²) in [7, 11) is 0. The average molecular weight is 648 g/mol. The third-order valence-corrected chi connectivity index (χ3v) is 7.71. The molecule has 0 saturated carbocycles. The summed E-state index contributed by atoms with van der Waals surface area (Å²) in [5.74, 6) is -0.764. The van der Waals surface area contributed by atoms with E-state index < -0.39 is 45.4 Å². The van der Waals surface area contributed by atoms with Crippen LogP contribution in [0.4, 0.5) is 13.2 Å². The number of carbonyl (C=O) groups is 1. The van der Waals surface area contributed by atoms with E-state index in [1.807, 2.05) is 0 Å². The van der Waals surface area contributed by atoms with Crippen molar-refractivity contribution in [2.75, 3.05) is 0 Å². The quantitative estimate of drug-likeness (QED) is 0.166. The lowest BCUT2D eigenvalue weighted by Gasteiger charge is -2.17. The van der Waals surface area contributed by atoms with Gasteiger partial charge in [-0.3, -0.25) is 14.2 Å². The minimum Gasteiger partial charge on any atom is -0.348 e. The highest BCUT2D eigenvalue weighted by Crippen LogP contribution is 2.30. The fourth-order valence-corrected chi connectivity index (χ4v) is 5.35. The molecule has 44 heavy (non-hydrogen) atoms. The van der Waals surface area contributed by atoms with Gasteiger partial charge in [-0.25, -0.2) is 8.42 Å². The number of amides is 1. The molecule has 2 atom stereocenters. The van der Waals surface area contributed by atoms with Crippen LogP contribution in [0, 0.1) is 0 Å². The summed E-state index contributed by atoms with van der Waals surface area (Å²) in [6.07, 6.45) is -4.65. The first-order valence-electron chi connectivity index (χ1n) is 13.1. The summed E-state index contributed by atoms with van der Waals surface area (Å²) < 4.78 is 81.7. The van der Waals surface area contributed by atoms with Gasteiger partial charge in [-0.15, -0.1) is 0 Å². The van der Waals surface area contributed by atoms with Crippen molar-refractivity contribution in [2.45, 2.75) is 37.3 Å². The van der Waals surface area contributed by atoms with Crippen LogP contribution in [0.3, 0.4) is 0 Å². The van der Waals surface area contributed by atoms with E-state index in [1.165, 1.54) is 24.3 Å². The predicted octanol–water partition coefficient (Wildman–Crippen LogP) is 4.52. The van der Waals surface area contributed by atoms with Gasteiger partial charge in [0.15, 0.2) is 22.2 Å². The molecule has 0 aliphatic rings. The van der Waals surface area contributed by atoms with Gasteiger partial charge in [0.05, 0.1) is 17.1 Å². The van der Waals surface area contributed by atoms with Gasteiger partial charge in [-0.05, 0) is 52.6 Å². The number of hydrogen-bond acceptors (Lipinski definition) is 5. The van der Waals surface area contributed by atoms with Gasteiger partial charge in [-0.1, -0.05) is 54.6 Å². The van der Waals surface area contributed by atoms with Crippen molar-refractivity contribution in [3.8, 4) is 5.69 Å². The molecular formula is C30H28F3N3O6S2. The molecule has 1 aromatic heterocycles. The van der Waals surface area contributed by atoms with Crippen LogP contribution >= 0.6 is 0 Å². The van der Waals surface area contributed by atoms with Gasteiger partial charge in [0.25, 0.3) is 11.5 Å². The van der Waals surface area contributed by atoms with Gasteiger partial charge in [0, 0.05) is 31.0 Å². The summed E-state index contributed by atoms with van der Waals surface area (Å²) >= 11 is -3.96. The number of pyridine rings is 1. The number of carbonyl (C=O) groups excluding carboxylic acids is 1. The van der Waals surface area contributed by atoms with Gasteiger partial charge in [0.1, 0.15) is 5.56 Å². The molecule has 9 nitrogen and oxygen atoms in total. The number of halogens is 3. The van der Waals surface area contributed by atoms with Crippen LogP contribution in [0.2, 0.25) is 0 Å². The van der Waals surface area contributed by atoms with Crippen LogP contribution < -0.4 is 16.2 Å². The van der Waals surface area contributed by atoms with E-state index in [0.717, 1.165) is 22.3 Å². The molecule has 0 spiro atoms. The summed E-state index contributed by atoms with van der Waals surface area (Å²) in [5, 5.41) is 5.78. The van der Waals surface area contributed by atoms with Crippen LogP contribution in [0.1, 0.15) is 43.9 Å². The van der Waals surface area contributed by atoms with Crippen LogP contribution in [-0.4, -0.2) is 28.0 Å². The number of nitrogens with zero attached hydrogens (tertiary/aromatic N) is 1. The number of aromatic nitrogens is 1. The van der Waals surface area contributed by atoms with Gasteiger partial charge < -0.3 is 19.7 Å². The normalized spacial score (nSPS) is 12.9. The first-order valence-corrected chi connectivity index (χ1v) is 15.7. The van der Waals surface area contributed by atoms with Crippen LogP contribution in [0.15, 0.2) is 89.7 Å². The van der Waals surface area contributed by atoms with Crippen molar-refractivity contribution >= 4 is 28.1 Å². The molecule has 0 bridgehead atoms. The molecule has 0 aliphatic heterocycles. The molecule has 0 radical (unpaired) electrons. The number of rotatable bonds is 12. The van der Waals surface area contributed by atoms with Crippen molar-refractivity contribution in [2.24, 2.45) is 0 Å². The molecule has 4 N–H and O–H groups in total. The highest BCUT2D eigenvalue weighted by molar-refractivity contribution is 7.78. The number of alkyl halides is 3. The molecule has 3 aromatic carbocycles. The first kappa shape index (κ1) is 33.0. The Morgan fingerprint density at radius 1 is 0.750 bits per heavy atom. The fourth-order valence-electron chi connectivity index (χ4n) is 4.40. The largest absolute Gasteiger partial charge is 0.416 e. The Hall–Kier alpha value is -3.95. The fraction of sp³-hybridized carbons (Fsp3) is 0.200. The molecular weight excluding hydrogens is 619 g/mol. The second kappa shape index (κ2) is 14.7. The Kier molecular flexibility index (Phi) is 11.0. The number of nitrogens with one attached hydrogen (secondary N) is 2. The highest BCUT2D eigenvalue weighted by Gasteiger charge is 2.31. The number of hydrogen-bond donors (Lipinski definition) is 4. The molecule has 0 saturated heterocycles. The Bertz CT molecular complexity index is 1730.